The molecule has 2 rings (SSSR count). The van der Waals surface area contributed by atoms with Gasteiger partial charge in [-0.3, -0.25) is 0 Å². The zero-order chi connectivity index (χ0) is 14.0. The van der Waals surface area contributed by atoms with Gasteiger partial charge in [-0.25, -0.2) is 13.2 Å². The number of rotatable bonds is 3. The summed E-state index contributed by atoms with van der Waals surface area (Å²) in [4.78, 5) is 0. The fourth-order valence-corrected chi connectivity index (χ4v) is 2.15. The molecule has 2 aromatic carbocycles. The highest BCUT2D eigenvalue weighted by atomic mass is 79.9. The summed E-state index contributed by atoms with van der Waals surface area (Å²) < 4.78 is 40.2. The van der Waals surface area contributed by atoms with Crippen LogP contribution in [-0.4, -0.2) is 0 Å². The van der Waals surface area contributed by atoms with Crippen molar-refractivity contribution in [3.8, 4) is 0 Å². The lowest BCUT2D eigenvalue weighted by molar-refractivity contribution is 0.494. The maximum atomic E-state index is 13.6. The molecule has 0 spiro atoms. The minimum Gasteiger partial charge on any atom is -0.378 e. The Kier molecular flexibility index (Phi) is 4.14. The first kappa shape index (κ1) is 13.9. The second-order valence-electron chi connectivity index (χ2n) is 4.14. The molecule has 0 aliphatic rings. The Morgan fingerprint density at radius 1 is 1.05 bits per heavy atom. The monoisotopic (exact) mass is 329 g/mol. The SMILES string of the molecule is CC(Nc1ccc(F)c(Br)c1)c1cccc(F)c1F. The first-order valence-corrected chi connectivity index (χ1v) is 6.44. The van der Waals surface area contributed by atoms with Gasteiger partial charge >= 0.3 is 0 Å². The Morgan fingerprint density at radius 3 is 2.47 bits per heavy atom. The summed E-state index contributed by atoms with van der Waals surface area (Å²) in [6, 6.07) is 7.96. The molecule has 0 radical (unpaired) electrons. The number of anilines is 1. The minimum atomic E-state index is -0.883. The van der Waals surface area contributed by atoms with Crippen LogP contribution < -0.4 is 5.32 Å². The molecule has 1 nitrogen and oxygen atoms in total. The van der Waals surface area contributed by atoms with E-state index in [9.17, 15) is 13.2 Å². The fraction of sp³-hybridized carbons (Fsp3) is 0.143. The van der Waals surface area contributed by atoms with E-state index in [2.05, 4.69) is 21.2 Å². The van der Waals surface area contributed by atoms with E-state index in [1.165, 1.54) is 24.3 Å². The zero-order valence-electron chi connectivity index (χ0n) is 10.1. The van der Waals surface area contributed by atoms with Gasteiger partial charge in [-0.1, -0.05) is 12.1 Å². The van der Waals surface area contributed by atoms with Crippen molar-refractivity contribution in [3.05, 3.63) is 63.9 Å². The minimum absolute atomic E-state index is 0.223. The lowest BCUT2D eigenvalue weighted by Crippen LogP contribution is -2.09. The van der Waals surface area contributed by atoms with Gasteiger partial charge in [0.05, 0.1) is 10.5 Å². The molecule has 0 saturated carbocycles. The van der Waals surface area contributed by atoms with E-state index in [0.717, 1.165) is 6.07 Å². The summed E-state index contributed by atoms with van der Waals surface area (Å²) >= 11 is 3.07. The zero-order valence-corrected chi connectivity index (χ0v) is 11.6. The van der Waals surface area contributed by atoms with Gasteiger partial charge in [0.1, 0.15) is 5.82 Å². The van der Waals surface area contributed by atoms with Crippen LogP contribution in [-0.2, 0) is 0 Å². The van der Waals surface area contributed by atoms with E-state index in [-0.39, 0.29) is 11.4 Å². The molecule has 0 saturated heterocycles. The largest absolute Gasteiger partial charge is 0.378 e. The number of hydrogen-bond donors (Lipinski definition) is 1. The van der Waals surface area contributed by atoms with E-state index in [1.807, 2.05) is 0 Å². The number of nitrogens with one attached hydrogen (secondary N) is 1. The third-order valence-corrected chi connectivity index (χ3v) is 3.36. The highest BCUT2D eigenvalue weighted by Crippen LogP contribution is 2.26. The van der Waals surface area contributed by atoms with Gasteiger partial charge < -0.3 is 5.32 Å². The molecule has 0 bridgehead atoms. The summed E-state index contributed by atoms with van der Waals surface area (Å²) in [6.45, 7) is 1.70. The average Bonchev–Trinajstić information content (AvgIpc) is 2.37. The van der Waals surface area contributed by atoms with Crippen molar-refractivity contribution in [3.63, 3.8) is 0 Å². The van der Waals surface area contributed by atoms with Gasteiger partial charge in [0.2, 0.25) is 0 Å². The molecule has 0 amide bonds. The second-order valence-corrected chi connectivity index (χ2v) is 4.99. The number of hydrogen-bond acceptors (Lipinski definition) is 1. The molecule has 100 valence electrons. The van der Waals surface area contributed by atoms with E-state index in [1.54, 1.807) is 13.0 Å². The highest BCUT2D eigenvalue weighted by molar-refractivity contribution is 9.10. The number of halogens is 4. The molecule has 5 heteroatoms. The van der Waals surface area contributed by atoms with E-state index < -0.39 is 17.7 Å². The molecule has 0 fully saturated rings. The van der Waals surface area contributed by atoms with Crippen molar-refractivity contribution < 1.29 is 13.2 Å². The average molecular weight is 330 g/mol. The quantitative estimate of drug-likeness (QED) is 0.831. The van der Waals surface area contributed by atoms with Crippen molar-refractivity contribution in [2.75, 3.05) is 5.32 Å². The Labute approximate surface area is 117 Å². The highest BCUT2D eigenvalue weighted by Gasteiger charge is 2.14. The van der Waals surface area contributed by atoms with E-state index in [0.29, 0.717) is 10.2 Å². The Morgan fingerprint density at radius 2 is 1.79 bits per heavy atom. The first-order chi connectivity index (χ1) is 8.99. The molecule has 2 aromatic rings. The van der Waals surface area contributed by atoms with Crippen molar-refractivity contribution in [2.45, 2.75) is 13.0 Å². The fourth-order valence-electron chi connectivity index (χ4n) is 1.77. The number of benzene rings is 2. The van der Waals surface area contributed by atoms with Crippen molar-refractivity contribution in [1.29, 1.82) is 0 Å². The molecular weight excluding hydrogens is 319 g/mol. The standard InChI is InChI=1S/C14H11BrF3N/c1-8(10-3-2-4-13(17)14(10)18)19-9-5-6-12(16)11(15)7-9/h2-8,19H,1H3. The molecule has 1 unspecified atom stereocenters. The van der Waals surface area contributed by atoms with Gasteiger partial charge in [0.15, 0.2) is 11.6 Å². The van der Waals surface area contributed by atoms with Gasteiger partial charge in [0.25, 0.3) is 0 Å². The van der Waals surface area contributed by atoms with Crippen LogP contribution in [0.1, 0.15) is 18.5 Å². The topological polar surface area (TPSA) is 12.0 Å². The maximum Gasteiger partial charge on any atom is 0.164 e. The van der Waals surface area contributed by atoms with Crippen LogP contribution in [0, 0.1) is 17.5 Å². The molecule has 19 heavy (non-hydrogen) atoms. The van der Waals surface area contributed by atoms with Crippen LogP contribution in [0.5, 0.6) is 0 Å². The van der Waals surface area contributed by atoms with E-state index >= 15 is 0 Å². The van der Waals surface area contributed by atoms with Crippen molar-refractivity contribution in [2.24, 2.45) is 0 Å². The summed E-state index contributed by atoms with van der Waals surface area (Å²) in [6.07, 6.45) is 0. The smallest absolute Gasteiger partial charge is 0.164 e. The molecule has 0 aliphatic heterocycles. The normalized spacial score (nSPS) is 12.3. The van der Waals surface area contributed by atoms with Crippen LogP contribution in [0.4, 0.5) is 18.9 Å². The van der Waals surface area contributed by atoms with Gasteiger partial charge in [-0.05, 0) is 47.1 Å². The predicted molar refractivity (Wildman–Crippen MR) is 72.5 cm³/mol. The first-order valence-electron chi connectivity index (χ1n) is 5.64. The Bertz CT molecular complexity index is 601. The molecule has 0 heterocycles. The summed E-state index contributed by atoms with van der Waals surface area (Å²) in [5, 5.41) is 2.99. The van der Waals surface area contributed by atoms with Gasteiger partial charge in [0, 0.05) is 11.3 Å². The Balaban J connectivity index is 2.23. The third kappa shape index (κ3) is 3.10. The molecule has 0 aromatic heterocycles. The molecule has 1 atom stereocenters. The van der Waals surface area contributed by atoms with Crippen LogP contribution >= 0.6 is 15.9 Å². The summed E-state index contributed by atoms with van der Waals surface area (Å²) in [5.41, 5.74) is 0.838. The second kappa shape index (κ2) is 5.65. The van der Waals surface area contributed by atoms with Gasteiger partial charge in [-0.15, -0.1) is 0 Å². The van der Waals surface area contributed by atoms with Crippen LogP contribution in [0.25, 0.3) is 0 Å². The van der Waals surface area contributed by atoms with Crippen molar-refractivity contribution >= 4 is 21.6 Å². The third-order valence-electron chi connectivity index (χ3n) is 2.75. The van der Waals surface area contributed by atoms with Crippen LogP contribution in [0.15, 0.2) is 40.9 Å². The predicted octanol–water partition coefficient (Wildman–Crippen LogP) is 5.04. The molecule has 0 aliphatic carbocycles. The maximum absolute atomic E-state index is 13.6. The van der Waals surface area contributed by atoms with Crippen LogP contribution in [0.2, 0.25) is 0 Å². The summed E-state index contributed by atoms with van der Waals surface area (Å²) in [5.74, 6) is -2.13. The molecule has 1 N–H and O–H groups in total. The van der Waals surface area contributed by atoms with Crippen molar-refractivity contribution in [1.82, 2.24) is 0 Å². The molecular formula is C14H11BrF3N. The summed E-state index contributed by atoms with van der Waals surface area (Å²) in [7, 11) is 0. The van der Waals surface area contributed by atoms with E-state index in [4.69, 9.17) is 0 Å². The lowest BCUT2D eigenvalue weighted by Gasteiger charge is -2.17. The lowest BCUT2D eigenvalue weighted by atomic mass is 10.1. The van der Waals surface area contributed by atoms with Crippen LogP contribution in [0.3, 0.4) is 0 Å². The Hall–Kier alpha value is -1.49. The van der Waals surface area contributed by atoms with Gasteiger partial charge in [-0.2, -0.15) is 0 Å².